The van der Waals surface area contributed by atoms with E-state index in [4.69, 9.17) is 23.2 Å². The maximum Gasteiger partial charge on any atom is 0.323 e. The van der Waals surface area contributed by atoms with Gasteiger partial charge in [0.15, 0.2) is 0 Å². The summed E-state index contributed by atoms with van der Waals surface area (Å²) in [6.45, 7) is 0.625. The molecule has 0 spiro atoms. The fourth-order valence-corrected chi connectivity index (χ4v) is 3.90. The third-order valence-corrected chi connectivity index (χ3v) is 5.48. The molecule has 1 heterocycles. The number of carbonyl (C=O) groups excluding carboxylic acids is 1. The molecule has 0 unspecified atom stereocenters. The minimum Gasteiger partial charge on any atom is -0.308 e. The van der Waals surface area contributed by atoms with Crippen molar-refractivity contribution in [3.8, 4) is 0 Å². The highest BCUT2D eigenvalue weighted by molar-refractivity contribution is 7.99. The van der Waals surface area contributed by atoms with Crippen LogP contribution in [0.25, 0.3) is 0 Å². The molecule has 0 aromatic heterocycles. The van der Waals surface area contributed by atoms with E-state index in [0.29, 0.717) is 22.3 Å². The molecule has 7 heteroatoms. The summed E-state index contributed by atoms with van der Waals surface area (Å²) < 4.78 is 13.1. The first-order valence-corrected chi connectivity index (χ1v) is 8.75. The maximum absolute atomic E-state index is 13.1. The van der Waals surface area contributed by atoms with Crippen LogP contribution >= 0.6 is 35.0 Å². The number of halogens is 3. The van der Waals surface area contributed by atoms with Crippen LogP contribution in [0.5, 0.6) is 0 Å². The van der Waals surface area contributed by atoms with Crippen molar-refractivity contribution < 1.29 is 9.18 Å². The van der Waals surface area contributed by atoms with Crippen LogP contribution in [0.2, 0.25) is 10.0 Å². The number of hydrogen-bond donors (Lipinski definition) is 1. The predicted molar refractivity (Wildman–Crippen MR) is 93.8 cm³/mol. The number of nitrogens with one attached hydrogen (secondary N) is 1. The number of anilines is 1. The zero-order valence-corrected chi connectivity index (χ0v) is 14.3. The van der Waals surface area contributed by atoms with E-state index >= 15 is 0 Å². The first-order valence-electron chi connectivity index (χ1n) is 6.94. The van der Waals surface area contributed by atoms with E-state index in [1.54, 1.807) is 47.0 Å². The number of nitrogens with zero attached hydrogens (tertiary/aromatic N) is 1. The standard InChI is InChI=1S/C16H13Cl2FN2OS/c17-13-6-5-12(9-14(13)18)20-16(22)21-7-8-23-15(21)10-1-3-11(19)4-2-10/h1-6,9,15H,7-8H2,(H,20,22)/t15-/m1/s1. The Hall–Kier alpha value is -1.43. The molecule has 0 saturated carbocycles. The molecule has 1 atom stereocenters. The lowest BCUT2D eigenvalue weighted by Gasteiger charge is -2.24. The zero-order chi connectivity index (χ0) is 16.4. The van der Waals surface area contributed by atoms with Gasteiger partial charge in [0.2, 0.25) is 0 Å². The number of rotatable bonds is 2. The molecule has 1 aliphatic rings. The van der Waals surface area contributed by atoms with Gasteiger partial charge in [-0.05, 0) is 35.9 Å². The SMILES string of the molecule is O=C(Nc1ccc(Cl)c(Cl)c1)N1CCS[C@@H]1c1ccc(F)cc1. The zero-order valence-electron chi connectivity index (χ0n) is 11.9. The second kappa shape index (κ2) is 6.99. The van der Waals surface area contributed by atoms with Gasteiger partial charge in [-0.25, -0.2) is 9.18 Å². The third-order valence-electron chi connectivity index (χ3n) is 3.48. The molecule has 0 bridgehead atoms. The summed E-state index contributed by atoms with van der Waals surface area (Å²) in [5.74, 6) is 0.542. The molecule has 1 N–H and O–H groups in total. The Kier molecular flexibility index (Phi) is 4.99. The topological polar surface area (TPSA) is 32.3 Å². The number of hydrogen-bond acceptors (Lipinski definition) is 2. The molecule has 0 radical (unpaired) electrons. The molecule has 1 aliphatic heterocycles. The number of amides is 2. The summed E-state index contributed by atoms with van der Waals surface area (Å²) in [6, 6.07) is 10.9. The number of thioether (sulfide) groups is 1. The molecule has 1 fully saturated rings. The smallest absolute Gasteiger partial charge is 0.308 e. The van der Waals surface area contributed by atoms with E-state index in [9.17, 15) is 9.18 Å². The second-order valence-corrected chi connectivity index (χ2v) is 7.03. The van der Waals surface area contributed by atoms with E-state index in [-0.39, 0.29) is 17.2 Å². The molecule has 3 rings (SSSR count). The highest BCUT2D eigenvalue weighted by atomic mass is 35.5. The molecular formula is C16H13Cl2FN2OS. The summed E-state index contributed by atoms with van der Waals surface area (Å²) in [5, 5.41) is 3.51. The molecule has 1 saturated heterocycles. The quantitative estimate of drug-likeness (QED) is 0.765. The second-order valence-electron chi connectivity index (χ2n) is 5.03. The Balaban J connectivity index is 1.75. The average Bonchev–Trinajstić information content (AvgIpc) is 3.01. The minimum atomic E-state index is -0.288. The molecule has 2 amide bonds. The highest BCUT2D eigenvalue weighted by Gasteiger charge is 2.30. The van der Waals surface area contributed by atoms with Gasteiger partial charge in [-0.2, -0.15) is 0 Å². The molecule has 2 aromatic rings. The summed E-state index contributed by atoms with van der Waals surface area (Å²) in [6.07, 6.45) is 0. The van der Waals surface area contributed by atoms with Crippen LogP contribution in [0.4, 0.5) is 14.9 Å². The van der Waals surface area contributed by atoms with Gasteiger partial charge in [0, 0.05) is 18.0 Å². The van der Waals surface area contributed by atoms with Crippen molar-refractivity contribution in [1.29, 1.82) is 0 Å². The number of carbonyl (C=O) groups is 1. The van der Waals surface area contributed by atoms with Gasteiger partial charge in [-0.3, -0.25) is 0 Å². The summed E-state index contributed by atoms with van der Waals surface area (Å²) in [5.41, 5.74) is 1.48. The summed E-state index contributed by atoms with van der Waals surface area (Å²) in [4.78, 5) is 14.2. The van der Waals surface area contributed by atoms with Crippen molar-refractivity contribution in [1.82, 2.24) is 4.90 Å². The fraction of sp³-hybridized carbons (Fsp3) is 0.188. The van der Waals surface area contributed by atoms with Gasteiger partial charge in [0.25, 0.3) is 0 Å². The van der Waals surface area contributed by atoms with Crippen molar-refractivity contribution in [3.63, 3.8) is 0 Å². The van der Waals surface area contributed by atoms with E-state index in [2.05, 4.69) is 5.32 Å². The van der Waals surface area contributed by atoms with Gasteiger partial charge in [-0.1, -0.05) is 35.3 Å². The van der Waals surface area contributed by atoms with Crippen molar-refractivity contribution in [3.05, 3.63) is 63.9 Å². The van der Waals surface area contributed by atoms with Crippen LogP contribution in [0.3, 0.4) is 0 Å². The molecule has 23 heavy (non-hydrogen) atoms. The molecular weight excluding hydrogens is 358 g/mol. The van der Waals surface area contributed by atoms with Gasteiger partial charge in [0.05, 0.1) is 10.0 Å². The molecule has 3 nitrogen and oxygen atoms in total. The van der Waals surface area contributed by atoms with Crippen LogP contribution < -0.4 is 5.32 Å². The van der Waals surface area contributed by atoms with Gasteiger partial charge in [0.1, 0.15) is 11.2 Å². The first-order chi connectivity index (χ1) is 11.0. The lowest BCUT2D eigenvalue weighted by atomic mass is 10.2. The van der Waals surface area contributed by atoms with Crippen LogP contribution in [-0.2, 0) is 0 Å². The lowest BCUT2D eigenvalue weighted by molar-refractivity contribution is 0.214. The van der Waals surface area contributed by atoms with Crippen LogP contribution in [0.15, 0.2) is 42.5 Å². The minimum absolute atomic E-state index is 0.127. The van der Waals surface area contributed by atoms with E-state index in [0.717, 1.165) is 11.3 Å². The Labute approximate surface area is 147 Å². The Bertz CT molecular complexity index is 727. The van der Waals surface area contributed by atoms with Gasteiger partial charge >= 0.3 is 6.03 Å². The first kappa shape index (κ1) is 16.4. The maximum atomic E-state index is 13.1. The fourth-order valence-electron chi connectivity index (χ4n) is 2.35. The van der Waals surface area contributed by atoms with Crippen molar-refractivity contribution >= 4 is 46.7 Å². The van der Waals surface area contributed by atoms with Crippen LogP contribution in [0.1, 0.15) is 10.9 Å². The third kappa shape index (κ3) is 3.74. The van der Waals surface area contributed by atoms with Crippen molar-refractivity contribution in [2.24, 2.45) is 0 Å². The average molecular weight is 371 g/mol. The van der Waals surface area contributed by atoms with Crippen LogP contribution in [-0.4, -0.2) is 23.2 Å². The van der Waals surface area contributed by atoms with E-state index in [1.165, 1.54) is 12.1 Å². The van der Waals surface area contributed by atoms with Gasteiger partial charge in [-0.15, -0.1) is 11.8 Å². The monoisotopic (exact) mass is 370 g/mol. The normalized spacial score (nSPS) is 17.3. The Morgan fingerprint density at radius 2 is 1.91 bits per heavy atom. The van der Waals surface area contributed by atoms with Crippen molar-refractivity contribution in [2.45, 2.75) is 5.37 Å². The Morgan fingerprint density at radius 3 is 2.61 bits per heavy atom. The van der Waals surface area contributed by atoms with E-state index < -0.39 is 0 Å². The summed E-state index contributed by atoms with van der Waals surface area (Å²) in [7, 11) is 0. The van der Waals surface area contributed by atoms with Crippen molar-refractivity contribution in [2.75, 3.05) is 17.6 Å². The van der Waals surface area contributed by atoms with Crippen LogP contribution in [0, 0.1) is 5.82 Å². The number of urea groups is 1. The Morgan fingerprint density at radius 1 is 1.17 bits per heavy atom. The summed E-state index contributed by atoms with van der Waals surface area (Å²) >= 11 is 13.5. The molecule has 0 aliphatic carbocycles. The number of benzene rings is 2. The van der Waals surface area contributed by atoms with Gasteiger partial charge < -0.3 is 10.2 Å². The lowest BCUT2D eigenvalue weighted by Crippen LogP contribution is -2.34. The van der Waals surface area contributed by atoms with E-state index in [1.807, 2.05) is 0 Å². The largest absolute Gasteiger partial charge is 0.323 e. The highest BCUT2D eigenvalue weighted by Crippen LogP contribution is 2.38. The molecule has 2 aromatic carbocycles. The predicted octanol–water partition coefficient (Wildman–Crippen LogP) is 5.41. The molecule has 120 valence electrons.